The minimum atomic E-state index is -3.46. The van der Waals surface area contributed by atoms with E-state index in [0.29, 0.717) is 13.1 Å². The number of nitrogens with one attached hydrogen (secondary N) is 1. The second-order valence-electron chi connectivity index (χ2n) is 3.62. The highest BCUT2D eigenvalue weighted by Crippen LogP contribution is 2.15. The van der Waals surface area contributed by atoms with E-state index < -0.39 is 10.0 Å². The van der Waals surface area contributed by atoms with Gasteiger partial charge in [0.1, 0.15) is 0 Å². The van der Waals surface area contributed by atoms with Crippen LogP contribution < -0.4 is 4.72 Å². The van der Waals surface area contributed by atoms with Gasteiger partial charge in [0, 0.05) is 23.4 Å². The van der Waals surface area contributed by atoms with Crippen LogP contribution in [-0.4, -0.2) is 24.7 Å². The molecule has 0 aliphatic carbocycles. The lowest BCUT2D eigenvalue weighted by Crippen LogP contribution is -2.27. The van der Waals surface area contributed by atoms with Gasteiger partial charge in [-0.15, -0.1) is 0 Å². The molecule has 0 spiro atoms. The van der Waals surface area contributed by atoms with Crippen LogP contribution in [0.25, 0.3) is 0 Å². The Kier molecular flexibility index (Phi) is 4.15. The van der Waals surface area contributed by atoms with Gasteiger partial charge < -0.3 is 0 Å². The molecule has 0 aliphatic rings. The summed E-state index contributed by atoms with van der Waals surface area (Å²) in [4.78, 5) is 0.248. The molecule has 2 rings (SSSR count). The highest BCUT2D eigenvalue weighted by atomic mass is 79.9. The van der Waals surface area contributed by atoms with Gasteiger partial charge in [0.05, 0.1) is 11.4 Å². The molecule has 2 aromatic rings. The van der Waals surface area contributed by atoms with Gasteiger partial charge in [-0.2, -0.15) is 5.10 Å². The number of aromatic nitrogens is 2. The second-order valence-corrected chi connectivity index (χ2v) is 6.31. The molecule has 1 aromatic heterocycles. The van der Waals surface area contributed by atoms with Crippen molar-refractivity contribution in [2.24, 2.45) is 0 Å². The van der Waals surface area contributed by atoms with Crippen molar-refractivity contribution in [3.05, 3.63) is 47.2 Å². The molecule has 1 N–H and O–H groups in total. The molecule has 0 atom stereocenters. The van der Waals surface area contributed by atoms with Crippen molar-refractivity contribution in [3.63, 3.8) is 0 Å². The predicted octanol–water partition coefficient (Wildman–Crippen LogP) is 1.62. The van der Waals surface area contributed by atoms with E-state index in [1.165, 1.54) is 0 Å². The Bertz CT molecular complexity index is 611. The second kappa shape index (κ2) is 5.64. The fraction of sp³-hybridized carbons (Fsp3) is 0.182. The summed E-state index contributed by atoms with van der Waals surface area (Å²) in [6, 6.07) is 8.38. The van der Waals surface area contributed by atoms with Gasteiger partial charge in [-0.1, -0.05) is 22.0 Å². The zero-order chi connectivity index (χ0) is 13.0. The molecule has 0 bridgehead atoms. The van der Waals surface area contributed by atoms with Crippen LogP contribution >= 0.6 is 15.9 Å². The Hall–Kier alpha value is -1.18. The molecule has 96 valence electrons. The fourth-order valence-electron chi connectivity index (χ4n) is 1.44. The van der Waals surface area contributed by atoms with Crippen LogP contribution in [0, 0.1) is 0 Å². The normalized spacial score (nSPS) is 11.6. The van der Waals surface area contributed by atoms with Crippen molar-refractivity contribution in [2.45, 2.75) is 11.4 Å². The number of nitrogens with zero attached hydrogens (tertiary/aromatic N) is 2. The van der Waals surface area contributed by atoms with Gasteiger partial charge >= 0.3 is 0 Å². The number of hydrogen-bond acceptors (Lipinski definition) is 3. The van der Waals surface area contributed by atoms with E-state index in [9.17, 15) is 8.42 Å². The predicted molar refractivity (Wildman–Crippen MR) is 71.6 cm³/mol. The van der Waals surface area contributed by atoms with E-state index in [1.807, 2.05) is 0 Å². The molecule has 7 heteroatoms. The van der Waals surface area contributed by atoms with Crippen molar-refractivity contribution in [2.75, 3.05) is 6.54 Å². The molecular formula is C11H12BrN3O2S. The molecular weight excluding hydrogens is 318 g/mol. The fourth-order valence-corrected chi connectivity index (χ4v) is 3.06. The molecule has 18 heavy (non-hydrogen) atoms. The summed E-state index contributed by atoms with van der Waals surface area (Å²) in [5.74, 6) is 0. The number of rotatable bonds is 5. The Balaban J connectivity index is 1.99. The summed E-state index contributed by atoms with van der Waals surface area (Å²) in [6.07, 6.45) is 3.44. The Morgan fingerprint density at radius 3 is 2.83 bits per heavy atom. The third kappa shape index (κ3) is 3.41. The van der Waals surface area contributed by atoms with Crippen molar-refractivity contribution in [1.82, 2.24) is 14.5 Å². The average molecular weight is 330 g/mol. The minimum absolute atomic E-state index is 0.248. The third-order valence-electron chi connectivity index (χ3n) is 2.30. The van der Waals surface area contributed by atoms with Crippen LogP contribution in [0.3, 0.4) is 0 Å². The van der Waals surface area contributed by atoms with E-state index in [0.717, 1.165) is 4.47 Å². The van der Waals surface area contributed by atoms with Crippen molar-refractivity contribution >= 4 is 26.0 Å². The van der Waals surface area contributed by atoms with Gasteiger partial charge in [0.25, 0.3) is 0 Å². The lowest BCUT2D eigenvalue weighted by Gasteiger charge is -2.07. The van der Waals surface area contributed by atoms with E-state index in [4.69, 9.17) is 0 Å². The molecule has 0 amide bonds. The van der Waals surface area contributed by atoms with E-state index in [2.05, 4.69) is 25.8 Å². The van der Waals surface area contributed by atoms with E-state index >= 15 is 0 Å². The molecule has 1 heterocycles. The zero-order valence-electron chi connectivity index (χ0n) is 9.45. The monoisotopic (exact) mass is 329 g/mol. The molecule has 5 nitrogen and oxygen atoms in total. The minimum Gasteiger partial charge on any atom is -0.271 e. The van der Waals surface area contributed by atoms with Gasteiger partial charge in [0.2, 0.25) is 10.0 Å². The lowest BCUT2D eigenvalue weighted by molar-refractivity contribution is 0.561. The molecule has 0 unspecified atom stereocenters. The van der Waals surface area contributed by atoms with Crippen LogP contribution in [0.15, 0.2) is 52.1 Å². The summed E-state index contributed by atoms with van der Waals surface area (Å²) in [7, 11) is -3.46. The summed E-state index contributed by atoms with van der Waals surface area (Å²) in [6.45, 7) is 0.802. The standard InChI is InChI=1S/C11H12BrN3O2S/c12-10-3-1-4-11(9-10)18(16,17)14-6-8-15-7-2-5-13-15/h1-5,7,9,14H,6,8H2. The highest BCUT2D eigenvalue weighted by molar-refractivity contribution is 9.10. The molecule has 0 saturated carbocycles. The highest BCUT2D eigenvalue weighted by Gasteiger charge is 2.13. The maximum atomic E-state index is 12.0. The van der Waals surface area contributed by atoms with Crippen molar-refractivity contribution in [1.29, 1.82) is 0 Å². The Morgan fingerprint density at radius 2 is 2.17 bits per heavy atom. The summed E-state index contributed by atoms with van der Waals surface area (Å²) in [5, 5.41) is 4.00. The van der Waals surface area contributed by atoms with Gasteiger partial charge in [-0.25, -0.2) is 13.1 Å². The van der Waals surface area contributed by atoms with Crippen LogP contribution in [0.5, 0.6) is 0 Å². The molecule has 0 fully saturated rings. The zero-order valence-corrected chi connectivity index (χ0v) is 11.9. The van der Waals surface area contributed by atoms with Crippen LogP contribution in [0.4, 0.5) is 0 Å². The third-order valence-corrected chi connectivity index (χ3v) is 4.25. The largest absolute Gasteiger partial charge is 0.271 e. The quantitative estimate of drug-likeness (QED) is 0.906. The molecule has 0 aliphatic heterocycles. The Morgan fingerprint density at radius 1 is 1.33 bits per heavy atom. The number of hydrogen-bond donors (Lipinski definition) is 1. The summed E-state index contributed by atoms with van der Waals surface area (Å²) >= 11 is 3.25. The van der Waals surface area contributed by atoms with E-state index in [1.54, 1.807) is 47.4 Å². The smallest absolute Gasteiger partial charge is 0.240 e. The number of benzene rings is 1. The Labute approximate surface area is 114 Å². The van der Waals surface area contributed by atoms with Crippen molar-refractivity contribution in [3.8, 4) is 0 Å². The van der Waals surface area contributed by atoms with Gasteiger partial charge in [-0.3, -0.25) is 4.68 Å². The molecule has 0 saturated heterocycles. The summed E-state index contributed by atoms with van der Waals surface area (Å²) in [5.41, 5.74) is 0. The first-order chi connectivity index (χ1) is 8.58. The number of halogens is 1. The first kappa shape index (κ1) is 13.3. The number of sulfonamides is 1. The maximum Gasteiger partial charge on any atom is 0.240 e. The SMILES string of the molecule is O=S(=O)(NCCn1cccn1)c1cccc(Br)c1. The molecule has 0 radical (unpaired) electrons. The van der Waals surface area contributed by atoms with Crippen LogP contribution in [-0.2, 0) is 16.6 Å². The van der Waals surface area contributed by atoms with Gasteiger partial charge in [-0.05, 0) is 24.3 Å². The first-order valence-corrected chi connectivity index (χ1v) is 7.58. The van der Waals surface area contributed by atoms with Crippen LogP contribution in [0.1, 0.15) is 0 Å². The van der Waals surface area contributed by atoms with E-state index in [-0.39, 0.29) is 4.90 Å². The maximum absolute atomic E-state index is 12.0. The molecule has 1 aromatic carbocycles. The van der Waals surface area contributed by atoms with Gasteiger partial charge in [0.15, 0.2) is 0 Å². The lowest BCUT2D eigenvalue weighted by atomic mass is 10.4. The van der Waals surface area contributed by atoms with Crippen LogP contribution in [0.2, 0.25) is 0 Å². The first-order valence-electron chi connectivity index (χ1n) is 5.30. The topological polar surface area (TPSA) is 64.0 Å². The summed E-state index contributed by atoms with van der Waals surface area (Å²) < 4.78 is 28.8. The average Bonchev–Trinajstić information content (AvgIpc) is 2.82. The van der Waals surface area contributed by atoms with Crippen molar-refractivity contribution < 1.29 is 8.42 Å².